The van der Waals surface area contributed by atoms with Crippen LogP contribution in [0.15, 0.2) is 41.3 Å². The fourth-order valence-corrected chi connectivity index (χ4v) is 3.85. The average molecular weight is 438 g/mol. The molecule has 146 valence electrons. The van der Waals surface area contributed by atoms with E-state index >= 15 is 0 Å². The fourth-order valence-electron chi connectivity index (χ4n) is 2.70. The van der Waals surface area contributed by atoms with Gasteiger partial charge in [-0.3, -0.25) is 14.5 Å². The molecule has 0 saturated carbocycles. The Labute approximate surface area is 177 Å². The van der Waals surface area contributed by atoms with Crippen LogP contribution in [0.3, 0.4) is 0 Å². The van der Waals surface area contributed by atoms with Crippen molar-refractivity contribution in [2.45, 2.75) is 13.5 Å². The van der Waals surface area contributed by atoms with Gasteiger partial charge in [0.05, 0.1) is 35.2 Å². The summed E-state index contributed by atoms with van der Waals surface area (Å²) in [5, 5.41) is 0.448. The molecule has 0 atom stereocenters. The van der Waals surface area contributed by atoms with E-state index in [1.165, 1.54) is 4.90 Å². The lowest BCUT2D eigenvalue weighted by Gasteiger charge is -2.13. The van der Waals surface area contributed by atoms with Crippen LogP contribution in [-0.4, -0.2) is 29.8 Å². The molecule has 1 aliphatic heterocycles. The zero-order valence-electron chi connectivity index (χ0n) is 15.2. The molecule has 5 nitrogen and oxygen atoms in total. The van der Waals surface area contributed by atoms with Crippen molar-refractivity contribution in [3.8, 4) is 11.5 Å². The monoisotopic (exact) mass is 437 g/mol. The molecule has 8 heteroatoms. The van der Waals surface area contributed by atoms with Gasteiger partial charge in [-0.1, -0.05) is 41.4 Å². The van der Waals surface area contributed by atoms with Gasteiger partial charge in [0.1, 0.15) is 0 Å². The maximum Gasteiger partial charge on any atom is 0.293 e. The second-order valence-corrected chi connectivity index (χ2v) is 7.64. The molecule has 0 radical (unpaired) electrons. The number of imide groups is 1. The Kier molecular flexibility index (Phi) is 6.54. The zero-order valence-corrected chi connectivity index (χ0v) is 17.5. The molecule has 0 unspecified atom stereocenters. The molecular formula is C20H17Cl2NO4S. The van der Waals surface area contributed by atoms with E-state index in [2.05, 4.69) is 0 Å². The van der Waals surface area contributed by atoms with Crippen molar-refractivity contribution in [3.63, 3.8) is 0 Å². The number of para-hydroxylation sites is 1. The Bertz CT molecular complexity index is 961. The number of rotatable bonds is 6. The predicted octanol–water partition coefficient (Wildman–Crippen LogP) is 5.64. The highest BCUT2D eigenvalue weighted by molar-refractivity contribution is 8.18. The normalized spacial score (nSPS) is 15.4. The molecule has 0 aromatic heterocycles. The number of amides is 2. The van der Waals surface area contributed by atoms with Crippen molar-refractivity contribution >= 4 is 52.2 Å². The number of methoxy groups -OCH3 is 1. The first-order valence-electron chi connectivity index (χ1n) is 8.43. The lowest BCUT2D eigenvalue weighted by atomic mass is 10.1. The summed E-state index contributed by atoms with van der Waals surface area (Å²) in [5.41, 5.74) is 1.38. The van der Waals surface area contributed by atoms with Crippen molar-refractivity contribution < 1.29 is 19.1 Å². The number of nitrogens with zero attached hydrogens (tertiary/aromatic N) is 1. The number of benzene rings is 2. The minimum absolute atomic E-state index is 0.120. The van der Waals surface area contributed by atoms with Crippen LogP contribution in [-0.2, 0) is 11.3 Å². The van der Waals surface area contributed by atoms with Gasteiger partial charge in [0.25, 0.3) is 11.1 Å². The fraction of sp³-hybridized carbons (Fsp3) is 0.200. The van der Waals surface area contributed by atoms with Gasteiger partial charge >= 0.3 is 0 Å². The van der Waals surface area contributed by atoms with E-state index < -0.39 is 0 Å². The number of hydrogen-bond donors (Lipinski definition) is 0. The predicted molar refractivity (Wildman–Crippen MR) is 112 cm³/mol. The molecule has 0 N–H and O–H groups in total. The van der Waals surface area contributed by atoms with Crippen LogP contribution in [0.4, 0.5) is 4.79 Å². The summed E-state index contributed by atoms with van der Waals surface area (Å²) in [5.74, 6) is 0.723. The highest BCUT2D eigenvalue weighted by atomic mass is 35.5. The van der Waals surface area contributed by atoms with Crippen molar-refractivity contribution in [2.75, 3.05) is 13.7 Å². The van der Waals surface area contributed by atoms with Crippen LogP contribution in [0, 0.1) is 0 Å². The molecule has 1 aliphatic rings. The smallest absolute Gasteiger partial charge is 0.293 e. The van der Waals surface area contributed by atoms with Gasteiger partial charge in [-0.25, -0.2) is 0 Å². The highest BCUT2D eigenvalue weighted by Gasteiger charge is 2.35. The van der Waals surface area contributed by atoms with Gasteiger partial charge in [0, 0.05) is 5.56 Å². The molecule has 1 fully saturated rings. The summed E-state index contributed by atoms with van der Waals surface area (Å²) in [6.45, 7) is 2.43. The first-order chi connectivity index (χ1) is 13.4. The third-order valence-electron chi connectivity index (χ3n) is 4.00. The van der Waals surface area contributed by atoms with Gasteiger partial charge in [-0.05, 0) is 48.5 Å². The summed E-state index contributed by atoms with van der Waals surface area (Å²) in [4.78, 5) is 26.7. The Morgan fingerprint density at radius 3 is 2.61 bits per heavy atom. The van der Waals surface area contributed by atoms with Gasteiger partial charge < -0.3 is 9.47 Å². The topological polar surface area (TPSA) is 55.8 Å². The maximum absolute atomic E-state index is 12.8. The molecule has 3 rings (SSSR count). The van der Waals surface area contributed by atoms with E-state index in [-0.39, 0.29) is 17.7 Å². The Morgan fingerprint density at radius 1 is 1.14 bits per heavy atom. The van der Waals surface area contributed by atoms with Gasteiger partial charge in [0.2, 0.25) is 0 Å². The second kappa shape index (κ2) is 8.90. The molecule has 2 amide bonds. The van der Waals surface area contributed by atoms with E-state index in [1.807, 2.05) is 6.92 Å². The van der Waals surface area contributed by atoms with E-state index in [1.54, 1.807) is 49.6 Å². The largest absolute Gasteiger partial charge is 0.493 e. The average Bonchev–Trinajstić information content (AvgIpc) is 2.93. The third kappa shape index (κ3) is 4.29. The van der Waals surface area contributed by atoms with Gasteiger partial charge in [-0.15, -0.1) is 0 Å². The van der Waals surface area contributed by atoms with Crippen molar-refractivity contribution in [1.29, 1.82) is 0 Å². The molecule has 0 bridgehead atoms. The molecule has 0 aliphatic carbocycles. The van der Waals surface area contributed by atoms with E-state index in [4.69, 9.17) is 32.7 Å². The van der Waals surface area contributed by atoms with Crippen molar-refractivity contribution in [3.05, 3.63) is 62.5 Å². The summed E-state index contributed by atoms with van der Waals surface area (Å²) in [6.07, 6.45) is 1.65. The maximum atomic E-state index is 12.8. The Morgan fingerprint density at radius 2 is 1.93 bits per heavy atom. The lowest BCUT2D eigenvalue weighted by Crippen LogP contribution is -2.27. The standard InChI is InChI=1S/C20H17Cl2NO4S/c1-3-27-18-13(5-4-6-16(18)26-2)10-17-19(24)23(20(25)28-17)11-12-7-8-14(21)15(22)9-12/h4-10H,3,11H2,1-2H3/b17-10+. The molecule has 2 aromatic rings. The zero-order chi connectivity index (χ0) is 20.3. The lowest BCUT2D eigenvalue weighted by molar-refractivity contribution is -0.123. The summed E-state index contributed by atoms with van der Waals surface area (Å²) < 4.78 is 11.0. The van der Waals surface area contributed by atoms with Crippen LogP contribution >= 0.6 is 35.0 Å². The first kappa shape index (κ1) is 20.6. The molecule has 28 heavy (non-hydrogen) atoms. The molecule has 1 heterocycles. The number of carbonyl (C=O) groups excluding carboxylic acids is 2. The highest BCUT2D eigenvalue weighted by Crippen LogP contribution is 2.38. The first-order valence-corrected chi connectivity index (χ1v) is 10.0. The summed E-state index contributed by atoms with van der Waals surface area (Å²) >= 11 is 12.8. The summed E-state index contributed by atoms with van der Waals surface area (Å²) in [6, 6.07) is 10.4. The van der Waals surface area contributed by atoms with Crippen LogP contribution in [0.2, 0.25) is 10.0 Å². The van der Waals surface area contributed by atoms with Crippen molar-refractivity contribution in [1.82, 2.24) is 4.90 Å². The summed E-state index contributed by atoms with van der Waals surface area (Å²) in [7, 11) is 1.55. The molecular weight excluding hydrogens is 421 g/mol. The number of halogens is 2. The van der Waals surface area contributed by atoms with Crippen LogP contribution in [0.5, 0.6) is 11.5 Å². The molecule has 2 aromatic carbocycles. The number of carbonyl (C=O) groups is 2. The van der Waals surface area contributed by atoms with Gasteiger partial charge in [-0.2, -0.15) is 0 Å². The SMILES string of the molecule is CCOc1c(/C=C2/SC(=O)N(Cc3ccc(Cl)c(Cl)c3)C2=O)cccc1OC. The van der Waals surface area contributed by atoms with Crippen LogP contribution < -0.4 is 9.47 Å². The van der Waals surface area contributed by atoms with E-state index in [0.29, 0.717) is 44.2 Å². The minimum atomic E-state index is -0.369. The Balaban J connectivity index is 1.88. The quantitative estimate of drug-likeness (QED) is 0.547. The minimum Gasteiger partial charge on any atom is -0.493 e. The van der Waals surface area contributed by atoms with Gasteiger partial charge in [0.15, 0.2) is 11.5 Å². The number of ether oxygens (including phenoxy) is 2. The third-order valence-corrected chi connectivity index (χ3v) is 5.65. The van der Waals surface area contributed by atoms with Crippen LogP contribution in [0.1, 0.15) is 18.1 Å². The van der Waals surface area contributed by atoms with E-state index in [9.17, 15) is 9.59 Å². The molecule has 0 spiro atoms. The Hall–Kier alpha value is -2.15. The van der Waals surface area contributed by atoms with Crippen molar-refractivity contribution in [2.24, 2.45) is 0 Å². The molecule has 1 saturated heterocycles. The number of thioether (sulfide) groups is 1. The number of hydrogen-bond acceptors (Lipinski definition) is 5. The van der Waals surface area contributed by atoms with Crippen LogP contribution in [0.25, 0.3) is 6.08 Å². The second-order valence-electron chi connectivity index (χ2n) is 5.83. The van der Waals surface area contributed by atoms with E-state index in [0.717, 1.165) is 11.8 Å².